The summed E-state index contributed by atoms with van der Waals surface area (Å²) in [5.41, 5.74) is 1.84. The Hall–Kier alpha value is -3.78. The van der Waals surface area contributed by atoms with E-state index in [0.29, 0.717) is 24.7 Å². The highest BCUT2D eigenvalue weighted by Crippen LogP contribution is 2.21. The van der Waals surface area contributed by atoms with Gasteiger partial charge in [0.2, 0.25) is 0 Å². The number of morpholine rings is 1. The molecule has 3 heterocycles. The van der Waals surface area contributed by atoms with E-state index in [-0.39, 0.29) is 11.0 Å². The van der Waals surface area contributed by atoms with Gasteiger partial charge in [-0.25, -0.2) is 24.1 Å². The first-order valence-corrected chi connectivity index (χ1v) is 9.62. The molecule has 2 aromatic heterocycles. The van der Waals surface area contributed by atoms with Crippen LogP contribution in [0, 0.1) is 0 Å². The van der Waals surface area contributed by atoms with Crippen LogP contribution in [0.15, 0.2) is 74.8 Å². The molecule has 8 nitrogen and oxygen atoms in total. The Morgan fingerprint density at radius 2 is 1.57 bits per heavy atom. The second-order valence-electron chi connectivity index (χ2n) is 6.90. The van der Waals surface area contributed by atoms with Crippen molar-refractivity contribution >= 4 is 16.7 Å². The summed E-state index contributed by atoms with van der Waals surface area (Å²) < 4.78 is 11.6. The van der Waals surface area contributed by atoms with E-state index in [9.17, 15) is 9.59 Å². The van der Waals surface area contributed by atoms with Crippen LogP contribution in [0.5, 0.6) is 0 Å². The predicted molar refractivity (Wildman–Crippen MR) is 112 cm³/mol. The first kappa shape index (κ1) is 18.3. The molecule has 30 heavy (non-hydrogen) atoms. The lowest BCUT2D eigenvalue weighted by Gasteiger charge is -2.28. The minimum absolute atomic E-state index is 0.145. The first-order chi connectivity index (χ1) is 14.7. The quantitative estimate of drug-likeness (QED) is 0.519. The zero-order valence-corrected chi connectivity index (χ0v) is 16.0. The third-order valence-electron chi connectivity index (χ3n) is 5.08. The van der Waals surface area contributed by atoms with Gasteiger partial charge in [0.05, 0.1) is 18.9 Å². The lowest BCUT2D eigenvalue weighted by atomic mass is 10.2. The summed E-state index contributed by atoms with van der Waals surface area (Å²) in [6.07, 6.45) is 1.40. The van der Waals surface area contributed by atoms with Gasteiger partial charge in [-0.3, -0.25) is 0 Å². The lowest BCUT2D eigenvalue weighted by Crippen LogP contribution is -2.36. The van der Waals surface area contributed by atoms with E-state index in [4.69, 9.17) is 9.15 Å². The van der Waals surface area contributed by atoms with Crippen molar-refractivity contribution in [1.29, 1.82) is 0 Å². The molecular formula is C22H18N4O4. The number of hydrogen-bond acceptors (Lipinski definition) is 7. The Kier molecular flexibility index (Phi) is 4.61. The summed E-state index contributed by atoms with van der Waals surface area (Å²) in [5.74, 6) is -0.365. The van der Waals surface area contributed by atoms with E-state index in [1.54, 1.807) is 0 Å². The Bertz CT molecular complexity index is 1310. The van der Waals surface area contributed by atoms with Gasteiger partial charge in [-0.1, -0.05) is 30.3 Å². The molecule has 0 unspecified atom stereocenters. The minimum atomic E-state index is -0.788. The summed E-state index contributed by atoms with van der Waals surface area (Å²) in [6.45, 7) is 3.01. The number of fused-ring (bicyclic) bond motifs is 1. The summed E-state index contributed by atoms with van der Waals surface area (Å²) in [4.78, 5) is 35.8. The van der Waals surface area contributed by atoms with E-state index in [0.717, 1.165) is 24.3 Å². The van der Waals surface area contributed by atoms with Gasteiger partial charge in [0, 0.05) is 30.5 Å². The molecular weight excluding hydrogens is 384 g/mol. The highest BCUT2D eigenvalue weighted by molar-refractivity contribution is 5.76. The van der Waals surface area contributed by atoms with Crippen LogP contribution in [0.25, 0.3) is 28.1 Å². The maximum absolute atomic E-state index is 12.6. The summed E-state index contributed by atoms with van der Waals surface area (Å²) >= 11 is 0. The molecule has 1 fully saturated rings. The van der Waals surface area contributed by atoms with Crippen LogP contribution in [-0.2, 0) is 4.74 Å². The molecule has 0 bridgehead atoms. The van der Waals surface area contributed by atoms with Crippen LogP contribution in [0.1, 0.15) is 0 Å². The van der Waals surface area contributed by atoms with Gasteiger partial charge in [-0.05, 0) is 24.3 Å². The Labute approximate surface area is 171 Å². The minimum Gasteiger partial charge on any atom is -0.378 e. The molecule has 4 aromatic rings. The van der Waals surface area contributed by atoms with Crippen molar-refractivity contribution in [3.8, 4) is 17.1 Å². The number of benzene rings is 2. The zero-order chi connectivity index (χ0) is 20.5. The molecule has 0 saturated carbocycles. The fourth-order valence-electron chi connectivity index (χ4n) is 3.54. The lowest BCUT2D eigenvalue weighted by molar-refractivity contribution is 0.122. The second-order valence-corrected chi connectivity index (χ2v) is 6.90. The summed E-state index contributed by atoms with van der Waals surface area (Å²) in [5, 5.41) is 0.145. The monoisotopic (exact) mass is 402 g/mol. The van der Waals surface area contributed by atoms with Gasteiger partial charge in [0.25, 0.3) is 0 Å². The molecule has 1 aliphatic rings. The van der Waals surface area contributed by atoms with Crippen molar-refractivity contribution in [2.24, 2.45) is 0 Å². The van der Waals surface area contributed by atoms with E-state index in [1.165, 1.54) is 10.8 Å². The van der Waals surface area contributed by atoms with Gasteiger partial charge in [0.15, 0.2) is 11.5 Å². The number of hydrogen-bond donors (Lipinski definition) is 0. The first-order valence-electron chi connectivity index (χ1n) is 9.62. The van der Waals surface area contributed by atoms with Crippen LogP contribution >= 0.6 is 0 Å². The number of ether oxygens (including phenoxy) is 1. The van der Waals surface area contributed by atoms with E-state index >= 15 is 0 Å². The molecule has 5 rings (SSSR count). The normalized spacial score (nSPS) is 14.2. The Balaban J connectivity index is 1.64. The van der Waals surface area contributed by atoms with Crippen LogP contribution < -0.4 is 16.3 Å². The molecule has 1 aliphatic heterocycles. The van der Waals surface area contributed by atoms with Crippen molar-refractivity contribution in [2.75, 3.05) is 31.2 Å². The molecule has 0 aliphatic carbocycles. The highest BCUT2D eigenvalue weighted by Gasteiger charge is 2.16. The third kappa shape index (κ3) is 3.27. The van der Waals surface area contributed by atoms with Gasteiger partial charge in [-0.15, -0.1) is 0 Å². The standard InChI is InChI=1S/C22H18N4O4/c27-21-18-14-23-19(15-4-2-1-3-5-15)24-20(18)26(22(28)30-21)17-8-6-16(7-9-17)25-10-12-29-13-11-25/h1-9,14H,10-13H2. The average molecular weight is 402 g/mol. The number of aromatic nitrogens is 3. The molecule has 2 aromatic carbocycles. The highest BCUT2D eigenvalue weighted by atomic mass is 16.5. The summed E-state index contributed by atoms with van der Waals surface area (Å²) in [7, 11) is 0. The topological polar surface area (TPSA) is 90.5 Å². The zero-order valence-electron chi connectivity index (χ0n) is 16.0. The SMILES string of the molecule is O=c1oc(=O)n(-c2ccc(N3CCOCC3)cc2)c2nc(-c3ccccc3)ncc12. The van der Waals surface area contributed by atoms with Gasteiger partial charge >= 0.3 is 11.4 Å². The number of nitrogens with zero attached hydrogens (tertiary/aromatic N) is 4. The van der Waals surface area contributed by atoms with E-state index < -0.39 is 11.4 Å². The maximum Gasteiger partial charge on any atom is 0.428 e. The second kappa shape index (κ2) is 7.57. The predicted octanol–water partition coefficient (Wildman–Crippen LogP) is 2.24. The van der Waals surface area contributed by atoms with Crippen molar-refractivity contribution < 1.29 is 9.15 Å². The molecule has 1 saturated heterocycles. The van der Waals surface area contributed by atoms with Crippen LogP contribution in [0.3, 0.4) is 0 Å². The largest absolute Gasteiger partial charge is 0.428 e. The Morgan fingerprint density at radius 1 is 0.867 bits per heavy atom. The fraction of sp³-hybridized carbons (Fsp3) is 0.182. The summed E-state index contributed by atoms with van der Waals surface area (Å²) in [6, 6.07) is 16.9. The Morgan fingerprint density at radius 3 is 2.30 bits per heavy atom. The average Bonchev–Trinajstić information content (AvgIpc) is 2.80. The molecule has 0 N–H and O–H groups in total. The third-order valence-corrected chi connectivity index (χ3v) is 5.08. The molecule has 0 amide bonds. The number of anilines is 1. The van der Waals surface area contributed by atoms with Gasteiger partial charge in [0.1, 0.15) is 5.39 Å². The van der Waals surface area contributed by atoms with E-state index in [1.807, 2.05) is 54.6 Å². The number of rotatable bonds is 3. The van der Waals surface area contributed by atoms with Crippen LogP contribution in [-0.4, -0.2) is 40.8 Å². The molecule has 0 spiro atoms. The smallest absolute Gasteiger partial charge is 0.378 e. The fourth-order valence-corrected chi connectivity index (χ4v) is 3.54. The van der Waals surface area contributed by atoms with Crippen molar-refractivity contribution in [3.05, 3.63) is 81.8 Å². The maximum atomic E-state index is 12.6. The molecule has 0 radical (unpaired) electrons. The van der Waals surface area contributed by atoms with Crippen LogP contribution in [0.4, 0.5) is 5.69 Å². The van der Waals surface area contributed by atoms with Crippen molar-refractivity contribution in [2.45, 2.75) is 0 Å². The molecule has 8 heteroatoms. The van der Waals surface area contributed by atoms with Crippen LogP contribution in [0.2, 0.25) is 0 Å². The van der Waals surface area contributed by atoms with E-state index in [2.05, 4.69) is 14.9 Å². The van der Waals surface area contributed by atoms with Gasteiger partial charge in [-0.2, -0.15) is 0 Å². The van der Waals surface area contributed by atoms with Crippen molar-refractivity contribution in [3.63, 3.8) is 0 Å². The molecule has 150 valence electrons. The molecule has 0 atom stereocenters. The van der Waals surface area contributed by atoms with Gasteiger partial charge < -0.3 is 14.1 Å². The van der Waals surface area contributed by atoms with Crippen molar-refractivity contribution in [1.82, 2.24) is 14.5 Å².